The second-order valence-corrected chi connectivity index (χ2v) is 3.92. The molecule has 4 heteroatoms. The van der Waals surface area contributed by atoms with Crippen LogP contribution in [0.3, 0.4) is 0 Å². The van der Waals surface area contributed by atoms with Gasteiger partial charge in [0.2, 0.25) is 5.91 Å². The Balaban J connectivity index is 2.45. The molecular formula is C12H17FN2O. The van der Waals surface area contributed by atoms with Crippen LogP contribution in [0.1, 0.15) is 12.5 Å². The molecule has 0 aliphatic heterocycles. The van der Waals surface area contributed by atoms with Crippen LogP contribution in [0.15, 0.2) is 24.3 Å². The molecule has 2 N–H and O–H groups in total. The zero-order valence-corrected chi connectivity index (χ0v) is 9.61. The minimum Gasteiger partial charge on any atom is -0.344 e. The van der Waals surface area contributed by atoms with Gasteiger partial charge >= 0.3 is 0 Å². The van der Waals surface area contributed by atoms with E-state index in [1.54, 1.807) is 31.0 Å². The van der Waals surface area contributed by atoms with Crippen molar-refractivity contribution in [2.24, 2.45) is 5.73 Å². The number of amides is 1. The summed E-state index contributed by atoms with van der Waals surface area (Å²) >= 11 is 0. The zero-order valence-electron chi connectivity index (χ0n) is 9.61. The van der Waals surface area contributed by atoms with Crippen LogP contribution in [0.25, 0.3) is 0 Å². The minimum atomic E-state index is -0.474. The van der Waals surface area contributed by atoms with Gasteiger partial charge in [0.05, 0.1) is 6.04 Å². The molecule has 1 amide bonds. The number of hydrogen-bond acceptors (Lipinski definition) is 2. The van der Waals surface area contributed by atoms with Gasteiger partial charge in [0.25, 0.3) is 0 Å². The molecule has 1 aromatic carbocycles. The van der Waals surface area contributed by atoms with Crippen molar-refractivity contribution < 1.29 is 9.18 Å². The fourth-order valence-corrected chi connectivity index (χ4v) is 1.41. The van der Waals surface area contributed by atoms with Crippen LogP contribution < -0.4 is 5.73 Å². The summed E-state index contributed by atoms with van der Waals surface area (Å²) in [7, 11) is 1.72. The molecule has 0 radical (unpaired) electrons. The number of likely N-dealkylation sites (N-methyl/N-ethyl adjacent to an activating group) is 1. The van der Waals surface area contributed by atoms with Crippen molar-refractivity contribution in [3.05, 3.63) is 35.6 Å². The summed E-state index contributed by atoms with van der Waals surface area (Å²) in [6, 6.07) is 5.81. The molecule has 1 atom stereocenters. The molecular weight excluding hydrogens is 207 g/mol. The van der Waals surface area contributed by atoms with Crippen molar-refractivity contribution in [2.45, 2.75) is 19.4 Å². The lowest BCUT2D eigenvalue weighted by Gasteiger charge is -2.19. The number of nitrogens with zero attached hydrogens (tertiary/aromatic N) is 1. The summed E-state index contributed by atoms with van der Waals surface area (Å²) < 4.78 is 12.6. The second kappa shape index (κ2) is 5.61. The van der Waals surface area contributed by atoms with Gasteiger partial charge in [-0.25, -0.2) is 4.39 Å². The lowest BCUT2D eigenvalue weighted by atomic mass is 10.1. The quantitative estimate of drug-likeness (QED) is 0.834. The van der Waals surface area contributed by atoms with Crippen LogP contribution in [0.5, 0.6) is 0 Å². The number of hydrogen-bond donors (Lipinski definition) is 1. The molecule has 0 spiro atoms. The largest absolute Gasteiger partial charge is 0.344 e. The standard InChI is InChI=1S/C12H17FN2O/c1-9(14)12(16)15(2)8-7-10-3-5-11(13)6-4-10/h3-6,9H,7-8,14H2,1-2H3. The molecule has 0 saturated carbocycles. The third kappa shape index (κ3) is 3.62. The average molecular weight is 224 g/mol. The summed E-state index contributed by atoms with van der Waals surface area (Å²) in [6.07, 6.45) is 0.704. The van der Waals surface area contributed by atoms with Gasteiger partial charge in [-0.3, -0.25) is 4.79 Å². The van der Waals surface area contributed by atoms with E-state index in [0.717, 1.165) is 5.56 Å². The maximum absolute atomic E-state index is 12.6. The van der Waals surface area contributed by atoms with E-state index in [4.69, 9.17) is 5.73 Å². The van der Waals surface area contributed by atoms with Gasteiger partial charge in [0.1, 0.15) is 5.82 Å². The van der Waals surface area contributed by atoms with E-state index in [9.17, 15) is 9.18 Å². The van der Waals surface area contributed by atoms with E-state index in [2.05, 4.69) is 0 Å². The van der Waals surface area contributed by atoms with Crippen LogP contribution in [0.2, 0.25) is 0 Å². The summed E-state index contributed by atoms with van der Waals surface area (Å²) in [4.78, 5) is 13.1. The monoisotopic (exact) mass is 224 g/mol. The average Bonchev–Trinajstić information content (AvgIpc) is 2.26. The van der Waals surface area contributed by atoms with Crippen molar-refractivity contribution in [3.63, 3.8) is 0 Å². The number of nitrogens with two attached hydrogens (primary N) is 1. The smallest absolute Gasteiger partial charge is 0.238 e. The molecule has 0 aromatic heterocycles. The highest BCUT2D eigenvalue weighted by molar-refractivity contribution is 5.80. The van der Waals surface area contributed by atoms with Crippen LogP contribution in [0, 0.1) is 5.82 Å². The third-order valence-corrected chi connectivity index (χ3v) is 2.41. The number of carbonyl (C=O) groups excluding carboxylic acids is 1. The highest BCUT2D eigenvalue weighted by Gasteiger charge is 2.12. The summed E-state index contributed by atoms with van der Waals surface area (Å²) in [5.74, 6) is -0.328. The maximum Gasteiger partial charge on any atom is 0.238 e. The van der Waals surface area contributed by atoms with E-state index < -0.39 is 6.04 Å². The number of halogens is 1. The van der Waals surface area contributed by atoms with Crippen molar-refractivity contribution in [1.82, 2.24) is 4.90 Å². The van der Waals surface area contributed by atoms with Gasteiger partial charge < -0.3 is 10.6 Å². The molecule has 1 rings (SSSR count). The molecule has 0 heterocycles. The predicted molar refractivity (Wildman–Crippen MR) is 61.4 cm³/mol. The highest BCUT2D eigenvalue weighted by Crippen LogP contribution is 2.04. The normalized spacial score (nSPS) is 12.2. The Hall–Kier alpha value is -1.42. The van der Waals surface area contributed by atoms with Crippen LogP contribution >= 0.6 is 0 Å². The van der Waals surface area contributed by atoms with Crippen molar-refractivity contribution >= 4 is 5.91 Å². The Labute approximate surface area is 95.0 Å². The van der Waals surface area contributed by atoms with Crippen LogP contribution in [-0.2, 0) is 11.2 Å². The summed E-state index contributed by atoms with van der Waals surface area (Å²) in [5, 5.41) is 0. The minimum absolute atomic E-state index is 0.0814. The SMILES string of the molecule is CC(N)C(=O)N(C)CCc1ccc(F)cc1. The Morgan fingerprint density at radius 2 is 2.00 bits per heavy atom. The number of benzene rings is 1. The Bertz CT molecular complexity index is 349. The van der Waals surface area contributed by atoms with Gasteiger partial charge in [-0.1, -0.05) is 12.1 Å². The van der Waals surface area contributed by atoms with Gasteiger partial charge in [-0.2, -0.15) is 0 Å². The summed E-state index contributed by atoms with van der Waals surface area (Å²) in [5.41, 5.74) is 6.49. The first-order valence-corrected chi connectivity index (χ1v) is 5.25. The third-order valence-electron chi connectivity index (χ3n) is 2.41. The van der Waals surface area contributed by atoms with Gasteiger partial charge in [-0.05, 0) is 31.0 Å². The van der Waals surface area contributed by atoms with E-state index in [-0.39, 0.29) is 11.7 Å². The predicted octanol–water partition coefficient (Wildman–Crippen LogP) is 1.17. The molecule has 0 aliphatic rings. The first kappa shape index (κ1) is 12.6. The fraction of sp³-hybridized carbons (Fsp3) is 0.417. The Morgan fingerprint density at radius 1 is 1.44 bits per heavy atom. The molecule has 0 aliphatic carbocycles. The van der Waals surface area contributed by atoms with Gasteiger partial charge in [0, 0.05) is 13.6 Å². The van der Waals surface area contributed by atoms with Crippen molar-refractivity contribution in [1.29, 1.82) is 0 Å². The Kier molecular flexibility index (Phi) is 4.43. The molecule has 88 valence electrons. The van der Waals surface area contributed by atoms with E-state index in [0.29, 0.717) is 13.0 Å². The van der Waals surface area contributed by atoms with Crippen LogP contribution in [0.4, 0.5) is 4.39 Å². The Morgan fingerprint density at radius 3 is 2.50 bits per heavy atom. The molecule has 0 saturated heterocycles. The molecule has 1 aromatic rings. The molecule has 3 nitrogen and oxygen atoms in total. The van der Waals surface area contributed by atoms with Crippen molar-refractivity contribution in [3.8, 4) is 0 Å². The second-order valence-electron chi connectivity index (χ2n) is 3.92. The first-order chi connectivity index (χ1) is 7.50. The lowest BCUT2D eigenvalue weighted by Crippen LogP contribution is -2.40. The molecule has 1 unspecified atom stereocenters. The number of carbonyl (C=O) groups is 1. The molecule has 16 heavy (non-hydrogen) atoms. The fourth-order valence-electron chi connectivity index (χ4n) is 1.41. The zero-order chi connectivity index (χ0) is 12.1. The maximum atomic E-state index is 12.6. The van der Waals surface area contributed by atoms with Gasteiger partial charge in [-0.15, -0.1) is 0 Å². The van der Waals surface area contributed by atoms with Gasteiger partial charge in [0.15, 0.2) is 0 Å². The van der Waals surface area contributed by atoms with Crippen LogP contribution in [-0.4, -0.2) is 30.4 Å². The van der Waals surface area contributed by atoms with E-state index in [1.165, 1.54) is 12.1 Å². The van der Waals surface area contributed by atoms with E-state index in [1.807, 2.05) is 0 Å². The molecule has 0 fully saturated rings. The lowest BCUT2D eigenvalue weighted by molar-refractivity contribution is -0.130. The number of rotatable bonds is 4. The highest BCUT2D eigenvalue weighted by atomic mass is 19.1. The first-order valence-electron chi connectivity index (χ1n) is 5.25. The van der Waals surface area contributed by atoms with E-state index >= 15 is 0 Å². The molecule has 0 bridgehead atoms. The van der Waals surface area contributed by atoms with Crippen molar-refractivity contribution in [2.75, 3.05) is 13.6 Å². The summed E-state index contributed by atoms with van der Waals surface area (Å²) in [6.45, 7) is 2.25. The topological polar surface area (TPSA) is 46.3 Å².